The van der Waals surface area contributed by atoms with E-state index in [0.717, 1.165) is 12.2 Å². The molecule has 3 aromatic carbocycles. The molecule has 3 aromatic rings. The van der Waals surface area contributed by atoms with Crippen LogP contribution in [-0.2, 0) is 0 Å². The van der Waals surface area contributed by atoms with Crippen molar-refractivity contribution < 1.29 is 4.70 Å². The fraction of sp³-hybridized carbons (Fsp3) is 0.130. The number of hydrogen-bond acceptors (Lipinski definition) is 4. The van der Waals surface area contributed by atoms with E-state index in [-0.39, 0.29) is 20.9 Å². The summed E-state index contributed by atoms with van der Waals surface area (Å²) in [7, 11) is 4.47. The average molecular weight is 402 g/mol. The van der Waals surface area contributed by atoms with E-state index in [0.29, 0.717) is 0 Å². The third-order valence-corrected chi connectivity index (χ3v) is 6.69. The van der Waals surface area contributed by atoms with Crippen LogP contribution < -0.4 is 15.6 Å². The molecule has 6 rings (SSSR count). The highest BCUT2D eigenvalue weighted by molar-refractivity contribution is 7.02. The number of rotatable bonds is 2. The van der Waals surface area contributed by atoms with Crippen molar-refractivity contribution in [2.75, 3.05) is 25.4 Å². The van der Waals surface area contributed by atoms with Crippen LogP contribution in [0.15, 0.2) is 102 Å². The highest BCUT2D eigenvalue weighted by Gasteiger charge is 2.60. The zero-order valence-corrected chi connectivity index (χ0v) is 17.8. The van der Waals surface area contributed by atoms with E-state index in [9.17, 15) is 0 Å². The molecule has 0 radical (unpaired) electrons. The largest absolute Gasteiger partial charge is 0.439 e. The monoisotopic (exact) mass is 402 g/mol. The number of benzene rings is 3. The van der Waals surface area contributed by atoms with Gasteiger partial charge in [0.1, 0.15) is 6.54 Å². The zero-order valence-electron chi connectivity index (χ0n) is 17.8. The van der Waals surface area contributed by atoms with Gasteiger partial charge in [-0.3, -0.25) is 0 Å². The van der Waals surface area contributed by atoms with Crippen molar-refractivity contribution in [1.29, 1.82) is 0 Å². The molecule has 3 aliphatic heterocycles. The molecule has 0 bridgehead atoms. The summed E-state index contributed by atoms with van der Waals surface area (Å²) in [6.45, 7) is 1.05. The van der Waals surface area contributed by atoms with Gasteiger partial charge in [0.25, 0.3) is 5.69 Å². The topological polar surface area (TPSA) is 25.1 Å². The highest BCUT2D eigenvalue weighted by atomic mass is 15.4. The summed E-state index contributed by atoms with van der Waals surface area (Å²) in [5, 5.41) is 4.81. The summed E-state index contributed by atoms with van der Waals surface area (Å²) < 4.78 is 9.68. The maximum absolute atomic E-state index is 4.81. The molecular weight excluding hydrogens is 379 g/mol. The predicted octanol–water partition coefficient (Wildman–Crippen LogP) is 2.20. The first-order valence-electron chi connectivity index (χ1n) is 10.8. The lowest BCUT2D eigenvalue weighted by Crippen LogP contribution is -2.83. The zero-order chi connectivity index (χ0) is 20.9. The fourth-order valence-electron chi connectivity index (χ4n) is 5.49. The van der Waals surface area contributed by atoms with Crippen molar-refractivity contribution >= 4 is 43.2 Å². The van der Waals surface area contributed by atoms with Crippen molar-refractivity contribution in [2.45, 2.75) is 0 Å². The van der Waals surface area contributed by atoms with Gasteiger partial charge in [-0.1, -0.05) is 77.5 Å². The van der Waals surface area contributed by atoms with Crippen LogP contribution in [0.3, 0.4) is 0 Å². The Morgan fingerprint density at radius 1 is 0.710 bits per heavy atom. The number of nitrogens with zero attached hydrogens (tertiary/aromatic N) is 5. The van der Waals surface area contributed by atoms with Gasteiger partial charge in [0, 0.05) is 12.1 Å². The van der Waals surface area contributed by atoms with Gasteiger partial charge in [-0.2, -0.15) is 0 Å². The van der Waals surface area contributed by atoms with Crippen LogP contribution in [0.1, 0.15) is 0 Å². The smallest absolute Gasteiger partial charge is 0.416 e. The minimum atomic E-state index is 0.0905. The Morgan fingerprint density at radius 2 is 1.29 bits per heavy atom. The molecule has 5 nitrogen and oxygen atoms in total. The quantitative estimate of drug-likeness (QED) is 0.486. The Morgan fingerprint density at radius 3 is 2.00 bits per heavy atom. The van der Waals surface area contributed by atoms with Gasteiger partial charge in [-0.25, -0.2) is 0 Å². The van der Waals surface area contributed by atoms with E-state index in [1.54, 1.807) is 0 Å². The maximum Gasteiger partial charge on any atom is 0.439 e. The minimum Gasteiger partial charge on any atom is -0.416 e. The number of hydrogen-bond donors (Lipinski definition) is 0. The van der Waals surface area contributed by atoms with Gasteiger partial charge in [0.2, 0.25) is 5.60 Å². The Hall–Kier alpha value is -3.09. The molecule has 3 heterocycles. The van der Waals surface area contributed by atoms with E-state index < -0.39 is 0 Å². The van der Waals surface area contributed by atoms with E-state index in [2.05, 4.69) is 124 Å². The first-order chi connectivity index (χ1) is 15.3. The standard InChI is InChI=1S/C23H23B3N5/c1-28-24(19-11-5-3-6-12-19)29(2)26-23-17-18-27-30(23)21-15-9-10-16-22(21)31(26)25(28)20-13-7-4-8-14-20/h3-17H,18H2,1-2H3/q+1. The van der Waals surface area contributed by atoms with Crippen LogP contribution in [0, 0.1) is 0 Å². The molecule has 1 saturated heterocycles. The molecule has 1 fully saturated rings. The van der Waals surface area contributed by atoms with Crippen LogP contribution in [0.4, 0.5) is 11.4 Å². The van der Waals surface area contributed by atoms with Gasteiger partial charge in [-0.05, 0) is 36.2 Å². The molecule has 0 saturated carbocycles. The molecule has 0 spiro atoms. The van der Waals surface area contributed by atoms with Crippen LogP contribution in [-0.4, -0.2) is 55.7 Å². The molecule has 0 aliphatic carbocycles. The molecule has 3 aliphatic rings. The van der Waals surface area contributed by atoms with Crippen molar-refractivity contribution in [3.8, 4) is 0 Å². The lowest BCUT2D eigenvalue weighted by molar-refractivity contribution is -0.445. The Kier molecular flexibility index (Phi) is 4.37. The van der Waals surface area contributed by atoms with Gasteiger partial charge in [-0.15, -0.1) is 0 Å². The number of para-hydroxylation sites is 2. The number of anilines is 1. The van der Waals surface area contributed by atoms with Crippen molar-refractivity contribution in [1.82, 2.24) is 9.44 Å². The first kappa shape index (κ1) is 18.7. The minimum absolute atomic E-state index is 0.0905. The lowest BCUT2D eigenvalue weighted by atomic mass is 9.38. The molecule has 0 aromatic heterocycles. The van der Waals surface area contributed by atoms with Crippen molar-refractivity contribution in [3.05, 3.63) is 96.6 Å². The van der Waals surface area contributed by atoms with E-state index in [1.807, 2.05) is 0 Å². The molecule has 148 valence electrons. The second-order valence-corrected chi connectivity index (χ2v) is 8.43. The maximum atomic E-state index is 4.81. The van der Waals surface area contributed by atoms with Crippen molar-refractivity contribution in [2.24, 2.45) is 5.11 Å². The van der Waals surface area contributed by atoms with E-state index >= 15 is 0 Å². The highest BCUT2D eigenvalue weighted by Crippen LogP contribution is 2.42. The Balaban J connectivity index is 1.60. The second-order valence-electron chi connectivity index (χ2n) is 8.43. The van der Waals surface area contributed by atoms with Crippen LogP contribution in [0.5, 0.6) is 0 Å². The van der Waals surface area contributed by atoms with Gasteiger partial charge in [0.15, 0.2) is 0 Å². The van der Waals surface area contributed by atoms with Crippen LogP contribution in [0.2, 0.25) is 0 Å². The van der Waals surface area contributed by atoms with E-state index in [4.69, 9.17) is 5.11 Å². The summed E-state index contributed by atoms with van der Waals surface area (Å²) in [6, 6.07) is 30.3. The fourth-order valence-corrected chi connectivity index (χ4v) is 5.49. The molecule has 8 heteroatoms. The van der Waals surface area contributed by atoms with Gasteiger partial charge < -0.3 is 14.2 Å². The molecule has 0 unspecified atom stereocenters. The SMILES string of the molecule is CN1B(c2ccccc2)N(C)B(c2ccccc2)N2B1C1=CCN=[N+]1c1ccccc12. The normalized spacial score (nSPS) is 18.4. The molecular formula is C23H23B3N5+. The summed E-state index contributed by atoms with van der Waals surface area (Å²) in [6.07, 6.45) is 2.28. The van der Waals surface area contributed by atoms with Crippen LogP contribution in [0.25, 0.3) is 0 Å². The molecule has 31 heavy (non-hydrogen) atoms. The Labute approximate surface area is 184 Å². The summed E-state index contributed by atoms with van der Waals surface area (Å²) in [4.78, 5) is 0. The van der Waals surface area contributed by atoms with E-state index in [1.165, 1.54) is 22.2 Å². The van der Waals surface area contributed by atoms with Gasteiger partial charge in [0.05, 0.1) is 5.69 Å². The molecule has 0 atom stereocenters. The molecule has 0 amide bonds. The van der Waals surface area contributed by atoms with Gasteiger partial charge >= 0.3 is 20.9 Å². The summed E-state index contributed by atoms with van der Waals surface area (Å²) in [5.41, 5.74) is 6.21. The van der Waals surface area contributed by atoms with Crippen LogP contribution >= 0.6 is 0 Å². The second kappa shape index (κ2) is 7.25. The number of fused-ring (bicyclic) bond motifs is 6. The summed E-state index contributed by atoms with van der Waals surface area (Å²) in [5.74, 6) is 0. The summed E-state index contributed by atoms with van der Waals surface area (Å²) >= 11 is 0. The third kappa shape index (κ3) is 2.75. The number of azo groups is 2. The Bertz CT molecular complexity index is 1180. The average Bonchev–Trinajstić information content (AvgIpc) is 3.30. The third-order valence-electron chi connectivity index (χ3n) is 6.69. The predicted molar refractivity (Wildman–Crippen MR) is 129 cm³/mol. The van der Waals surface area contributed by atoms with Crippen molar-refractivity contribution in [3.63, 3.8) is 0 Å². The lowest BCUT2D eigenvalue weighted by Gasteiger charge is -2.52. The first-order valence-corrected chi connectivity index (χ1v) is 10.8. The molecule has 0 N–H and O–H groups in total.